The molecular weight excluding hydrogens is 568 g/mol. The van der Waals surface area contributed by atoms with Crippen LogP contribution in [0.1, 0.15) is 95.1 Å². The van der Waals surface area contributed by atoms with Gasteiger partial charge in [-0.15, -0.1) is 0 Å². The summed E-state index contributed by atoms with van der Waals surface area (Å²) in [5.74, 6) is 2.42. The van der Waals surface area contributed by atoms with Crippen LogP contribution in [0.4, 0.5) is 5.69 Å². The minimum Gasteiger partial charge on any atom is -0.462 e. The molecule has 1 aromatic carbocycles. The largest absolute Gasteiger partial charge is 0.462 e. The van der Waals surface area contributed by atoms with E-state index in [0.717, 1.165) is 62.9 Å². The maximum Gasteiger partial charge on any atom is 0.338 e. The molecule has 2 heterocycles. The number of hydrogen-bond donors (Lipinski definition) is 6. The Morgan fingerprint density at radius 2 is 1.73 bits per heavy atom. The average Bonchev–Trinajstić information content (AvgIpc) is 3.43. The van der Waals surface area contributed by atoms with E-state index in [1.165, 1.54) is 0 Å². The molecule has 1 fully saturated rings. The molecule has 12 nitrogen and oxygen atoms in total. The van der Waals surface area contributed by atoms with Gasteiger partial charge in [0.2, 0.25) is 0 Å². The van der Waals surface area contributed by atoms with Gasteiger partial charge in [-0.1, -0.05) is 34.6 Å². The van der Waals surface area contributed by atoms with Crippen LogP contribution in [0.15, 0.2) is 33.2 Å². The van der Waals surface area contributed by atoms with Gasteiger partial charge in [0.25, 0.3) is 0 Å². The molecule has 12 heteroatoms. The number of nitrogens with two attached hydrogens (primary N) is 4. The van der Waals surface area contributed by atoms with Crippen molar-refractivity contribution in [2.75, 3.05) is 44.6 Å². The van der Waals surface area contributed by atoms with Gasteiger partial charge < -0.3 is 43.2 Å². The van der Waals surface area contributed by atoms with Crippen LogP contribution in [0, 0.1) is 23.7 Å². The van der Waals surface area contributed by atoms with E-state index in [1.54, 1.807) is 0 Å². The molecule has 2 aliphatic rings. The third-order valence-corrected chi connectivity index (χ3v) is 8.58. The fraction of sp³-hybridized carbons (Fsp3) is 0.697. The summed E-state index contributed by atoms with van der Waals surface area (Å²) in [6, 6.07) is 6.06. The molecule has 0 bridgehead atoms. The van der Waals surface area contributed by atoms with E-state index in [4.69, 9.17) is 32.7 Å². The van der Waals surface area contributed by atoms with Gasteiger partial charge in [-0.3, -0.25) is 15.0 Å². The highest BCUT2D eigenvalue weighted by Crippen LogP contribution is 2.47. The van der Waals surface area contributed by atoms with Crippen LogP contribution < -0.4 is 33.6 Å². The van der Waals surface area contributed by atoms with E-state index in [1.807, 2.05) is 25.1 Å². The van der Waals surface area contributed by atoms with Gasteiger partial charge in [-0.05, 0) is 80.0 Å². The smallest absolute Gasteiger partial charge is 0.338 e. The molecule has 0 aliphatic carbocycles. The Balaban J connectivity index is 1.73. The molecule has 0 amide bonds. The Hall–Kier alpha value is -3.70. The summed E-state index contributed by atoms with van der Waals surface area (Å²) < 4.78 is 5.68. The summed E-state index contributed by atoms with van der Waals surface area (Å²) in [4.78, 5) is 28.7. The maximum absolute atomic E-state index is 13.1. The molecule has 4 atom stereocenters. The standard InChI is InChI=1S/C33H58N10O2/c1-21(2)10-15-40-32(36)39-14-6-7-27-25-13-18-43(33(37)41-16-11-22(3)4)29(25)26-19-24(8-9-28(26)42-27)30(44)45-20-23(5)12-17-38-31(34)35/h8-9,19,21-23,25,27,29,42H,6-7,10-18,20H2,1-5H3,(H2,37,41)(H4,34,35,38)(H3,36,39,40). The van der Waals surface area contributed by atoms with Crippen molar-refractivity contribution in [3.05, 3.63) is 29.3 Å². The van der Waals surface area contributed by atoms with Crippen LogP contribution in [-0.2, 0) is 4.74 Å². The van der Waals surface area contributed by atoms with E-state index in [0.29, 0.717) is 61.5 Å². The highest BCUT2D eigenvalue weighted by molar-refractivity contribution is 5.90. The highest BCUT2D eigenvalue weighted by atomic mass is 16.5. The molecule has 0 radical (unpaired) electrons. The van der Waals surface area contributed by atoms with Gasteiger partial charge in [0.05, 0.1) is 18.2 Å². The van der Waals surface area contributed by atoms with Crippen molar-refractivity contribution in [3.8, 4) is 0 Å². The fourth-order valence-corrected chi connectivity index (χ4v) is 5.93. The van der Waals surface area contributed by atoms with Crippen molar-refractivity contribution in [3.63, 3.8) is 0 Å². The van der Waals surface area contributed by atoms with Crippen molar-refractivity contribution >= 4 is 29.5 Å². The molecular formula is C33H58N10O2. The Labute approximate surface area is 269 Å². The second-order valence-corrected chi connectivity index (χ2v) is 13.4. The molecule has 45 heavy (non-hydrogen) atoms. The van der Waals surface area contributed by atoms with E-state index in [9.17, 15) is 4.79 Å². The first-order chi connectivity index (χ1) is 21.5. The second kappa shape index (κ2) is 17.7. The first kappa shape index (κ1) is 35.8. The minimum atomic E-state index is -0.342. The number of likely N-dealkylation sites (tertiary alicyclic amines) is 1. The number of guanidine groups is 3. The topological polar surface area (TPSA) is 195 Å². The molecule has 2 aliphatic heterocycles. The number of anilines is 1. The monoisotopic (exact) mass is 626 g/mol. The quantitative estimate of drug-likeness (QED) is 0.0690. The number of rotatable bonds is 16. The van der Waals surface area contributed by atoms with E-state index in [2.05, 4.69) is 53.2 Å². The molecule has 0 aromatic heterocycles. The number of nitrogens with one attached hydrogen (secondary N) is 2. The van der Waals surface area contributed by atoms with Gasteiger partial charge in [-0.2, -0.15) is 0 Å². The lowest BCUT2D eigenvalue weighted by Crippen LogP contribution is -2.43. The molecule has 1 saturated heterocycles. The molecule has 3 rings (SSSR count). The SMILES string of the molecule is CC(C)CCN=C(N)N1CCC2C(CCCN=C(N)NCCC(C)C)Nc3ccc(C(=O)OCC(C)CCN=C(N)N)cc3C21. The van der Waals surface area contributed by atoms with Crippen molar-refractivity contribution in [2.24, 2.45) is 61.6 Å². The number of fused-ring (bicyclic) bond motifs is 3. The van der Waals surface area contributed by atoms with Crippen molar-refractivity contribution in [1.82, 2.24) is 10.2 Å². The maximum atomic E-state index is 13.1. The van der Waals surface area contributed by atoms with Crippen LogP contribution in [0.5, 0.6) is 0 Å². The minimum absolute atomic E-state index is 0.0200. The Morgan fingerprint density at radius 3 is 2.44 bits per heavy atom. The van der Waals surface area contributed by atoms with Crippen LogP contribution in [0.2, 0.25) is 0 Å². The second-order valence-electron chi connectivity index (χ2n) is 13.4. The Morgan fingerprint density at radius 1 is 1.00 bits per heavy atom. The molecule has 4 unspecified atom stereocenters. The van der Waals surface area contributed by atoms with Gasteiger partial charge in [0.15, 0.2) is 17.9 Å². The van der Waals surface area contributed by atoms with Crippen molar-refractivity contribution in [2.45, 2.75) is 85.2 Å². The number of aliphatic imine (C=N–C) groups is 3. The zero-order valence-corrected chi connectivity index (χ0v) is 28.1. The predicted molar refractivity (Wildman–Crippen MR) is 185 cm³/mol. The summed E-state index contributed by atoms with van der Waals surface area (Å²) >= 11 is 0. The van der Waals surface area contributed by atoms with E-state index >= 15 is 0 Å². The normalized spacial score (nSPS) is 20.4. The summed E-state index contributed by atoms with van der Waals surface area (Å²) in [5, 5.41) is 6.99. The Kier molecular flexibility index (Phi) is 14.1. The third kappa shape index (κ3) is 11.3. The first-order valence-corrected chi connectivity index (χ1v) is 16.7. The average molecular weight is 627 g/mol. The fourth-order valence-electron chi connectivity index (χ4n) is 5.93. The lowest BCUT2D eigenvalue weighted by molar-refractivity contribution is 0.0445. The molecule has 1 aromatic rings. The summed E-state index contributed by atoms with van der Waals surface area (Å²) in [5.41, 5.74) is 26.1. The van der Waals surface area contributed by atoms with Gasteiger partial charge >= 0.3 is 5.97 Å². The number of ether oxygens (including phenoxy) is 1. The predicted octanol–water partition coefficient (Wildman–Crippen LogP) is 3.39. The molecule has 0 spiro atoms. The zero-order chi connectivity index (χ0) is 32.9. The number of hydrogen-bond acceptors (Lipinski definition) is 6. The third-order valence-electron chi connectivity index (χ3n) is 8.58. The highest BCUT2D eigenvalue weighted by Gasteiger charge is 2.44. The van der Waals surface area contributed by atoms with Gasteiger partial charge in [-0.25, -0.2) is 4.79 Å². The van der Waals surface area contributed by atoms with Crippen molar-refractivity contribution < 1.29 is 9.53 Å². The van der Waals surface area contributed by atoms with Gasteiger partial charge in [0, 0.05) is 50.4 Å². The van der Waals surface area contributed by atoms with Gasteiger partial charge in [0.1, 0.15) is 0 Å². The number of carbonyl (C=O) groups excluding carboxylic acids is 1. The Bertz CT molecular complexity index is 1180. The molecule has 0 saturated carbocycles. The number of nitrogens with zero attached hydrogens (tertiary/aromatic N) is 4. The van der Waals surface area contributed by atoms with Crippen molar-refractivity contribution in [1.29, 1.82) is 0 Å². The van der Waals surface area contributed by atoms with Crippen LogP contribution in [0.25, 0.3) is 0 Å². The van der Waals surface area contributed by atoms with Crippen LogP contribution in [0.3, 0.4) is 0 Å². The lowest BCUT2D eigenvalue weighted by atomic mass is 9.80. The summed E-state index contributed by atoms with van der Waals surface area (Å²) in [6.45, 7) is 14.6. The number of esters is 1. The lowest BCUT2D eigenvalue weighted by Gasteiger charge is -2.40. The molecule has 252 valence electrons. The van der Waals surface area contributed by atoms with Crippen LogP contribution in [-0.4, -0.2) is 74.1 Å². The van der Waals surface area contributed by atoms with E-state index in [-0.39, 0.29) is 29.9 Å². The van der Waals surface area contributed by atoms with Crippen LogP contribution >= 0.6 is 0 Å². The number of carbonyl (C=O) groups is 1. The summed E-state index contributed by atoms with van der Waals surface area (Å²) in [6.07, 6.45) is 5.60. The first-order valence-electron chi connectivity index (χ1n) is 16.7. The number of benzene rings is 1. The van der Waals surface area contributed by atoms with E-state index < -0.39 is 0 Å². The summed E-state index contributed by atoms with van der Waals surface area (Å²) in [7, 11) is 0. The zero-order valence-electron chi connectivity index (χ0n) is 28.1. The molecule has 10 N–H and O–H groups in total.